The van der Waals surface area contributed by atoms with Gasteiger partial charge in [-0.3, -0.25) is 0 Å². The van der Waals surface area contributed by atoms with E-state index in [-0.39, 0.29) is 0 Å². The molecule has 0 saturated carbocycles. The summed E-state index contributed by atoms with van der Waals surface area (Å²) in [7, 11) is 0. The molecule has 100 valence electrons. The van der Waals surface area contributed by atoms with Gasteiger partial charge < -0.3 is 10.1 Å². The molecule has 18 heavy (non-hydrogen) atoms. The molecule has 1 aliphatic rings. The van der Waals surface area contributed by atoms with Crippen LogP contribution in [0.2, 0.25) is 15.1 Å². The quantitative estimate of drug-likeness (QED) is 0.651. The van der Waals surface area contributed by atoms with E-state index in [9.17, 15) is 0 Å². The van der Waals surface area contributed by atoms with E-state index < -0.39 is 0 Å². The van der Waals surface area contributed by atoms with Crippen molar-refractivity contribution in [2.45, 2.75) is 19.4 Å². The van der Waals surface area contributed by atoms with Crippen LogP contribution in [0.15, 0.2) is 12.1 Å². The van der Waals surface area contributed by atoms with Gasteiger partial charge in [0.1, 0.15) is 0 Å². The fraction of sp³-hybridized carbons (Fsp3) is 0.538. The van der Waals surface area contributed by atoms with Gasteiger partial charge in [0.05, 0.1) is 10.0 Å². The smallest absolute Gasteiger partial charge is 0.0652 e. The first kappa shape index (κ1) is 14.4. The molecule has 1 atom stereocenters. The van der Waals surface area contributed by atoms with Crippen molar-refractivity contribution < 1.29 is 4.74 Å². The highest BCUT2D eigenvalue weighted by Gasteiger charge is 2.15. The van der Waals surface area contributed by atoms with Crippen LogP contribution in [0.1, 0.15) is 18.4 Å². The average Bonchev–Trinajstić information content (AvgIpc) is 2.86. The lowest BCUT2D eigenvalue weighted by Crippen LogP contribution is -2.18. The standard InChI is InChI=1S/C13H16Cl3NO/c14-11-1-2-12(15)13(16)10(11)7-17-5-3-9-4-6-18-8-9/h1-2,9,17H,3-8H2. The van der Waals surface area contributed by atoms with Crippen molar-refractivity contribution in [1.82, 2.24) is 5.32 Å². The van der Waals surface area contributed by atoms with Gasteiger partial charge in [0.2, 0.25) is 0 Å². The van der Waals surface area contributed by atoms with Crippen LogP contribution in [0.25, 0.3) is 0 Å². The minimum atomic E-state index is 0.542. The Hall–Kier alpha value is 0.01000. The minimum absolute atomic E-state index is 0.542. The van der Waals surface area contributed by atoms with Crippen LogP contribution in [-0.2, 0) is 11.3 Å². The molecule has 5 heteroatoms. The summed E-state index contributed by atoms with van der Waals surface area (Å²) in [5.41, 5.74) is 0.869. The molecule has 2 rings (SSSR count). The van der Waals surface area contributed by atoms with Gasteiger partial charge in [-0.05, 0) is 37.4 Å². The molecule has 1 aromatic carbocycles. The molecule has 1 heterocycles. The lowest BCUT2D eigenvalue weighted by atomic mass is 10.1. The highest BCUT2D eigenvalue weighted by atomic mass is 35.5. The molecule has 1 saturated heterocycles. The molecular weight excluding hydrogens is 293 g/mol. The van der Waals surface area contributed by atoms with Crippen molar-refractivity contribution in [1.29, 1.82) is 0 Å². The van der Waals surface area contributed by atoms with Crippen molar-refractivity contribution in [3.8, 4) is 0 Å². The first-order valence-electron chi connectivity index (χ1n) is 6.09. The summed E-state index contributed by atoms with van der Waals surface area (Å²) in [6.45, 7) is 3.37. The van der Waals surface area contributed by atoms with E-state index in [2.05, 4.69) is 5.32 Å². The molecule has 1 aliphatic heterocycles. The molecule has 1 aromatic rings. The van der Waals surface area contributed by atoms with Crippen LogP contribution in [0.4, 0.5) is 0 Å². The van der Waals surface area contributed by atoms with Crippen LogP contribution in [-0.4, -0.2) is 19.8 Å². The van der Waals surface area contributed by atoms with E-state index in [1.165, 1.54) is 6.42 Å². The van der Waals surface area contributed by atoms with Gasteiger partial charge in [-0.1, -0.05) is 34.8 Å². The highest BCUT2D eigenvalue weighted by Crippen LogP contribution is 2.31. The van der Waals surface area contributed by atoms with Gasteiger partial charge in [-0.25, -0.2) is 0 Å². The van der Waals surface area contributed by atoms with E-state index in [1.54, 1.807) is 12.1 Å². The molecule has 0 aromatic heterocycles. The lowest BCUT2D eigenvalue weighted by molar-refractivity contribution is 0.184. The van der Waals surface area contributed by atoms with Gasteiger partial charge in [0, 0.05) is 30.3 Å². The molecule has 0 aliphatic carbocycles. The van der Waals surface area contributed by atoms with Crippen molar-refractivity contribution >= 4 is 34.8 Å². The third kappa shape index (κ3) is 3.75. The topological polar surface area (TPSA) is 21.3 Å². The Labute approximate surface area is 123 Å². The van der Waals surface area contributed by atoms with E-state index in [4.69, 9.17) is 39.5 Å². The zero-order valence-corrected chi connectivity index (χ0v) is 12.3. The summed E-state index contributed by atoms with van der Waals surface area (Å²) in [4.78, 5) is 0. The van der Waals surface area contributed by atoms with E-state index in [0.29, 0.717) is 27.5 Å². The Morgan fingerprint density at radius 3 is 2.72 bits per heavy atom. The number of ether oxygens (including phenoxy) is 1. The summed E-state index contributed by atoms with van der Waals surface area (Å²) in [6.07, 6.45) is 2.29. The van der Waals surface area contributed by atoms with Crippen molar-refractivity contribution in [3.05, 3.63) is 32.8 Å². The Morgan fingerprint density at radius 2 is 2.00 bits per heavy atom. The van der Waals surface area contributed by atoms with Crippen LogP contribution in [0, 0.1) is 5.92 Å². The second-order valence-electron chi connectivity index (χ2n) is 4.52. The third-order valence-corrected chi connectivity index (χ3v) is 4.39. The average molecular weight is 309 g/mol. The van der Waals surface area contributed by atoms with E-state index in [1.807, 2.05) is 0 Å². The Morgan fingerprint density at radius 1 is 1.22 bits per heavy atom. The van der Waals surface area contributed by atoms with Crippen molar-refractivity contribution in [3.63, 3.8) is 0 Å². The Bertz CT molecular complexity index is 405. The largest absolute Gasteiger partial charge is 0.381 e. The minimum Gasteiger partial charge on any atom is -0.381 e. The van der Waals surface area contributed by atoms with Crippen LogP contribution < -0.4 is 5.32 Å². The molecule has 1 unspecified atom stereocenters. The SMILES string of the molecule is Clc1ccc(Cl)c(CNCCC2CCOC2)c1Cl. The first-order chi connectivity index (χ1) is 8.68. The molecule has 0 bridgehead atoms. The fourth-order valence-corrected chi connectivity index (χ4v) is 2.74. The summed E-state index contributed by atoms with van der Waals surface area (Å²) in [5.74, 6) is 0.683. The molecular formula is C13H16Cl3NO. The predicted octanol–water partition coefficient (Wildman–Crippen LogP) is 4.16. The van der Waals surface area contributed by atoms with Crippen LogP contribution in [0.5, 0.6) is 0 Å². The second kappa shape index (κ2) is 6.97. The molecule has 1 fully saturated rings. The predicted molar refractivity (Wildman–Crippen MR) is 76.7 cm³/mol. The molecule has 0 spiro atoms. The molecule has 0 amide bonds. The Balaban J connectivity index is 1.80. The van der Waals surface area contributed by atoms with Gasteiger partial charge >= 0.3 is 0 Å². The summed E-state index contributed by atoms with van der Waals surface area (Å²) < 4.78 is 5.34. The fourth-order valence-electron chi connectivity index (χ4n) is 2.06. The van der Waals surface area contributed by atoms with Crippen LogP contribution >= 0.6 is 34.8 Å². The summed E-state index contributed by atoms with van der Waals surface area (Å²) >= 11 is 18.2. The number of benzene rings is 1. The number of hydrogen-bond donors (Lipinski definition) is 1. The molecule has 2 nitrogen and oxygen atoms in total. The van der Waals surface area contributed by atoms with Gasteiger partial charge in [0.25, 0.3) is 0 Å². The maximum absolute atomic E-state index is 6.13. The molecule has 1 N–H and O–H groups in total. The van der Waals surface area contributed by atoms with Gasteiger partial charge in [0.15, 0.2) is 0 Å². The van der Waals surface area contributed by atoms with Crippen molar-refractivity contribution in [2.24, 2.45) is 5.92 Å². The maximum Gasteiger partial charge on any atom is 0.0652 e. The lowest BCUT2D eigenvalue weighted by Gasteiger charge is -2.11. The first-order valence-corrected chi connectivity index (χ1v) is 7.22. The van der Waals surface area contributed by atoms with E-state index in [0.717, 1.165) is 31.7 Å². The second-order valence-corrected chi connectivity index (χ2v) is 5.71. The molecule has 0 radical (unpaired) electrons. The summed E-state index contributed by atoms with van der Waals surface area (Å²) in [5, 5.41) is 5.09. The maximum atomic E-state index is 6.13. The number of nitrogens with one attached hydrogen (secondary N) is 1. The zero-order chi connectivity index (χ0) is 13.0. The zero-order valence-electron chi connectivity index (χ0n) is 10.0. The third-order valence-electron chi connectivity index (χ3n) is 3.19. The van der Waals surface area contributed by atoms with E-state index >= 15 is 0 Å². The number of halogens is 3. The number of hydrogen-bond acceptors (Lipinski definition) is 2. The normalized spacial score (nSPS) is 19.4. The van der Waals surface area contributed by atoms with Crippen molar-refractivity contribution in [2.75, 3.05) is 19.8 Å². The van der Waals surface area contributed by atoms with Gasteiger partial charge in [-0.15, -0.1) is 0 Å². The van der Waals surface area contributed by atoms with Gasteiger partial charge in [-0.2, -0.15) is 0 Å². The summed E-state index contributed by atoms with van der Waals surface area (Å²) in [6, 6.07) is 3.49. The number of rotatable bonds is 5. The monoisotopic (exact) mass is 307 g/mol. The van der Waals surface area contributed by atoms with Crippen LogP contribution in [0.3, 0.4) is 0 Å². The highest BCUT2D eigenvalue weighted by molar-refractivity contribution is 6.44. The Kier molecular flexibility index (Phi) is 5.58.